The molecule has 1 heterocycles. The molecule has 8 nitrogen and oxygen atoms in total. The van der Waals surface area contributed by atoms with Crippen LogP contribution in [0.25, 0.3) is 0 Å². The number of carbonyl (C=O) groups is 3. The van der Waals surface area contributed by atoms with E-state index in [1.54, 1.807) is 0 Å². The van der Waals surface area contributed by atoms with Gasteiger partial charge in [0.1, 0.15) is 0 Å². The van der Waals surface area contributed by atoms with Gasteiger partial charge in [0.2, 0.25) is 0 Å². The predicted octanol–water partition coefficient (Wildman–Crippen LogP) is 2.31. The van der Waals surface area contributed by atoms with Crippen LogP contribution in [0.5, 0.6) is 0 Å². The van der Waals surface area contributed by atoms with E-state index in [2.05, 4.69) is 6.58 Å². The summed E-state index contributed by atoms with van der Waals surface area (Å²) in [4.78, 5) is 36.5. The topological polar surface area (TPSA) is 97.4 Å². The largest absolute Gasteiger partial charge is 0.468 e. The number of hydrogen-bond donors (Lipinski definition) is 0. The van der Waals surface area contributed by atoms with Crippen LogP contribution in [-0.4, -0.2) is 57.1 Å². The van der Waals surface area contributed by atoms with Gasteiger partial charge in [-0.1, -0.05) is 12.2 Å². The number of allylic oxidation sites excluding steroid dienone is 1. The number of hydrogen-bond acceptors (Lipinski definition) is 8. The highest BCUT2D eigenvalue weighted by Crippen LogP contribution is 2.53. The number of methoxy groups -OCH3 is 2. The van der Waals surface area contributed by atoms with E-state index < -0.39 is 47.5 Å². The van der Waals surface area contributed by atoms with E-state index in [0.29, 0.717) is 5.57 Å². The van der Waals surface area contributed by atoms with E-state index in [4.69, 9.17) is 23.5 Å². The van der Waals surface area contributed by atoms with E-state index in [1.807, 2.05) is 27.7 Å². The molecule has 2 fully saturated rings. The second-order valence-corrected chi connectivity index (χ2v) is 8.80. The molecule has 1 aliphatic heterocycles. The molecule has 162 valence electrons. The molecule has 1 saturated carbocycles. The Labute approximate surface area is 172 Å². The number of esters is 3. The molecular formula is C20H31BO8. The smallest absolute Gasteiger partial charge is 0.465 e. The zero-order valence-electron chi connectivity index (χ0n) is 18.3. The molecule has 0 N–H and O–H groups in total. The third kappa shape index (κ3) is 4.21. The maximum absolute atomic E-state index is 12.5. The van der Waals surface area contributed by atoms with E-state index in [9.17, 15) is 14.4 Å². The van der Waals surface area contributed by atoms with Crippen LogP contribution in [0, 0.1) is 11.3 Å². The molecule has 0 aromatic rings. The van der Waals surface area contributed by atoms with Gasteiger partial charge < -0.3 is 23.5 Å². The SMILES string of the molecule is C=C1CC(C(=O)OC)(C(=O)OC)C[C@@H]1[C@H](COC(C)=O)B1OC(C)(C)C(C)(C)O1. The van der Waals surface area contributed by atoms with Crippen molar-refractivity contribution < 1.29 is 37.9 Å². The lowest BCUT2D eigenvalue weighted by Gasteiger charge is -2.32. The van der Waals surface area contributed by atoms with Crippen molar-refractivity contribution in [1.29, 1.82) is 0 Å². The van der Waals surface area contributed by atoms with Gasteiger partial charge in [0.25, 0.3) is 0 Å². The minimum absolute atomic E-state index is 0.00821. The zero-order valence-corrected chi connectivity index (χ0v) is 18.3. The molecule has 0 bridgehead atoms. The fourth-order valence-electron chi connectivity index (χ4n) is 4.01. The fourth-order valence-corrected chi connectivity index (χ4v) is 4.01. The van der Waals surface area contributed by atoms with Crippen molar-refractivity contribution in [3.63, 3.8) is 0 Å². The molecule has 0 unspecified atom stereocenters. The first-order valence-corrected chi connectivity index (χ1v) is 9.65. The highest BCUT2D eigenvalue weighted by Gasteiger charge is 2.61. The molecule has 9 heteroatoms. The highest BCUT2D eigenvalue weighted by atomic mass is 16.7. The van der Waals surface area contributed by atoms with Crippen LogP contribution in [0.2, 0.25) is 5.82 Å². The lowest BCUT2D eigenvalue weighted by molar-refractivity contribution is -0.169. The minimum atomic E-state index is -1.48. The van der Waals surface area contributed by atoms with Crippen LogP contribution in [0.15, 0.2) is 12.2 Å². The van der Waals surface area contributed by atoms with Gasteiger partial charge in [-0.15, -0.1) is 0 Å². The third-order valence-electron chi connectivity index (χ3n) is 6.39. The molecule has 0 spiro atoms. The maximum Gasteiger partial charge on any atom is 0.465 e. The van der Waals surface area contributed by atoms with E-state index in [-0.39, 0.29) is 25.4 Å². The first kappa shape index (κ1) is 23.4. The van der Waals surface area contributed by atoms with Crippen LogP contribution in [0.1, 0.15) is 47.5 Å². The van der Waals surface area contributed by atoms with Crippen molar-refractivity contribution in [2.24, 2.45) is 11.3 Å². The summed E-state index contributed by atoms with van der Waals surface area (Å²) in [6, 6.07) is 0. The van der Waals surface area contributed by atoms with E-state index >= 15 is 0 Å². The summed E-state index contributed by atoms with van der Waals surface area (Å²) in [7, 11) is 1.76. The monoisotopic (exact) mass is 410 g/mol. The zero-order chi connectivity index (χ0) is 22.2. The summed E-state index contributed by atoms with van der Waals surface area (Å²) in [5.74, 6) is -2.62. The Morgan fingerprint density at radius 2 is 1.59 bits per heavy atom. The van der Waals surface area contributed by atoms with Crippen LogP contribution in [0.4, 0.5) is 0 Å². The van der Waals surface area contributed by atoms with Crippen molar-refractivity contribution in [3.05, 3.63) is 12.2 Å². The maximum atomic E-state index is 12.5. The Kier molecular flexibility index (Phi) is 6.54. The Balaban J connectivity index is 2.38. The third-order valence-corrected chi connectivity index (χ3v) is 6.39. The van der Waals surface area contributed by atoms with Gasteiger partial charge >= 0.3 is 25.0 Å². The first-order chi connectivity index (χ1) is 13.3. The van der Waals surface area contributed by atoms with Gasteiger partial charge in [-0.25, -0.2) is 0 Å². The molecule has 0 radical (unpaired) electrons. The van der Waals surface area contributed by atoms with Crippen molar-refractivity contribution in [2.45, 2.75) is 64.5 Å². The van der Waals surface area contributed by atoms with Crippen LogP contribution < -0.4 is 0 Å². The van der Waals surface area contributed by atoms with E-state index in [0.717, 1.165) is 0 Å². The molecule has 1 saturated heterocycles. The molecule has 0 amide bonds. The molecule has 0 aromatic heterocycles. The normalized spacial score (nSPS) is 25.4. The fraction of sp³-hybridized carbons (Fsp3) is 0.750. The molecule has 1 aliphatic carbocycles. The quantitative estimate of drug-likeness (QED) is 0.216. The van der Waals surface area contributed by atoms with Crippen molar-refractivity contribution in [1.82, 2.24) is 0 Å². The van der Waals surface area contributed by atoms with E-state index in [1.165, 1.54) is 21.1 Å². The van der Waals surface area contributed by atoms with Crippen molar-refractivity contribution in [3.8, 4) is 0 Å². The first-order valence-electron chi connectivity index (χ1n) is 9.65. The molecule has 2 aliphatic rings. The summed E-state index contributed by atoms with van der Waals surface area (Å²) in [6.07, 6.45) is 0.203. The number of ether oxygens (including phenoxy) is 3. The Hall–Kier alpha value is -1.87. The Bertz CT molecular complexity index is 667. The average Bonchev–Trinajstić information content (AvgIpc) is 3.07. The van der Waals surface area contributed by atoms with Gasteiger partial charge in [0.15, 0.2) is 5.41 Å². The lowest BCUT2D eigenvalue weighted by Crippen LogP contribution is -2.41. The van der Waals surface area contributed by atoms with Crippen LogP contribution >= 0.6 is 0 Å². The molecule has 0 aromatic carbocycles. The average molecular weight is 410 g/mol. The second kappa shape index (κ2) is 8.10. The Morgan fingerprint density at radius 1 is 1.10 bits per heavy atom. The minimum Gasteiger partial charge on any atom is -0.468 e. The van der Waals surface area contributed by atoms with Crippen molar-refractivity contribution in [2.75, 3.05) is 20.8 Å². The summed E-state index contributed by atoms with van der Waals surface area (Å²) in [5, 5.41) is 0. The lowest BCUT2D eigenvalue weighted by atomic mass is 9.63. The van der Waals surface area contributed by atoms with Crippen LogP contribution in [-0.2, 0) is 37.9 Å². The molecule has 29 heavy (non-hydrogen) atoms. The van der Waals surface area contributed by atoms with Gasteiger partial charge in [-0.2, -0.15) is 0 Å². The Morgan fingerprint density at radius 3 is 2.00 bits per heavy atom. The summed E-state index contributed by atoms with van der Waals surface area (Å²) in [6.45, 7) is 13.1. The van der Waals surface area contributed by atoms with Gasteiger partial charge in [-0.3, -0.25) is 14.4 Å². The molecular weight excluding hydrogens is 379 g/mol. The second-order valence-electron chi connectivity index (χ2n) is 8.80. The van der Waals surface area contributed by atoms with Crippen molar-refractivity contribution >= 4 is 25.0 Å². The van der Waals surface area contributed by atoms with Gasteiger partial charge in [0.05, 0.1) is 32.0 Å². The summed E-state index contributed by atoms with van der Waals surface area (Å²) >= 11 is 0. The number of carbonyl (C=O) groups excluding carboxylic acids is 3. The number of rotatable bonds is 6. The van der Waals surface area contributed by atoms with Gasteiger partial charge in [-0.05, 0) is 46.5 Å². The molecule has 2 rings (SSSR count). The molecule has 2 atom stereocenters. The van der Waals surface area contributed by atoms with Crippen LogP contribution in [0.3, 0.4) is 0 Å². The summed E-state index contributed by atoms with van der Waals surface area (Å²) in [5.41, 5.74) is -2.00. The predicted molar refractivity (Wildman–Crippen MR) is 105 cm³/mol. The standard InChI is InChI=1S/C20H31BO8/c1-12-9-20(16(23)25-7,17(24)26-8)10-14(12)15(11-27-13(2)22)21-28-18(3,4)19(5,6)29-21/h14-15H,1,9-11H2,2-8H3/t14-,15-/m0/s1. The summed E-state index contributed by atoms with van der Waals surface area (Å²) < 4.78 is 27.4. The highest BCUT2D eigenvalue weighted by molar-refractivity contribution is 6.47. The van der Waals surface area contributed by atoms with Gasteiger partial charge in [0, 0.05) is 12.7 Å².